The van der Waals surface area contributed by atoms with Crippen LogP contribution in [0.2, 0.25) is 0 Å². The van der Waals surface area contributed by atoms with Crippen molar-refractivity contribution in [2.24, 2.45) is 0 Å². The molecule has 3 N–H and O–H groups in total. The Morgan fingerprint density at radius 3 is 1.98 bits per heavy atom. The maximum absolute atomic E-state index is 9.10. The molecule has 224 valence electrons. The lowest BCUT2D eigenvalue weighted by atomic mass is 10.0. The Morgan fingerprint density at radius 1 is 0.750 bits per heavy atom. The molecular formula is C35H34N4O5. The van der Waals surface area contributed by atoms with Crippen molar-refractivity contribution < 1.29 is 24.5 Å². The number of ether oxygens (including phenoxy) is 1. The van der Waals surface area contributed by atoms with Gasteiger partial charge in [-0.1, -0.05) is 66.7 Å². The summed E-state index contributed by atoms with van der Waals surface area (Å²) in [6.07, 6.45) is 2.07. The van der Waals surface area contributed by atoms with Gasteiger partial charge >= 0.3 is 11.9 Å². The largest absolute Gasteiger partial charge is 0.473 e. The predicted molar refractivity (Wildman–Crippen MR) is 169 cm³/mol. The smallest absolute Gasteiger partial charge is 0.414 e. The van der Waals surface area contributed by atoms with Crippen LogP contribution in [0, 0.1) is 0 Å². The molecule has 5 aromatic rings. The molecular weight excluding hydrogens is 556 g/mol. The third-order valence-electron chi connectivity index (χ3n) is 7.99. The molecule has 2 aliphatic heterocycles. The molecule has 1 aromatic heterocycles. The zero-order chi connectivity index (χ0) is 30.5. The number of carbonyl (C=O) groups is 2. The van der Waals surface area contributed by atoms with Gasteiger partial charge in [0.25, 0.3) is 0 Å². The fourth-order valence-corrected chi connectivity index (χ4v) is 5.81. The summed E-state index contributed by atoms with van der Waals surface area (Å²) < 4.78 is 7.87. The first-order chi connectivity index (χ1) is 21.4. The van der Waals surface area contributed by atoms with Crippen molar-refractivity contribution in [2.45, 2.75) is 25.9 Å². The van der Waals surface area contributed by atoms with Gasteiger partial charge in [-0.15, -0.1) is 0 Å². The molecule has 0 saturated carbocycles. The number of rotatable bonds is 5. The van der Waals surface area contributed by atoms with Gasteiger partial charge in [0, 0.05) is 43.1 Å². The van der Waals surface area contributed by atoms with E-state index in [9.17, 15) is 0 Å². The molecule has 1 saturated heterocycles. The van der Waals surface area contributed by atoms with Crippen molar-refractivity contribution in [1.29, 1.82) is 0 Å². The lowest BCUT2D eigenvalue weighted by Gasteiger charge is -2.26. The van der Waals surface area contributed by atoms with E-state index in [4.69, 9.17) is 29.5 Å². The van der Waals surface area contributed by atoms with E-state index in [1.54, 1.807) is 0 Å². The van der Waals surface area contributed by atoms with Crippen molar-refractivity contribution in [3.63, 3.8) is 0 Å². The molecule has 1 fully saturated rings. The summed E-state index contributed by atoms with van der Waals surface area (Å²) in [5, 5.41) is 18.5. The summed E-state index contributed by atoms with van der Waals surface area (Å²) in [6.45, 7) is 5.49. The molecule has 44 heavy (non-hydrogen) atoms. The van der Waals surface area contributed by atoms with Crippen LogP contribution < -0.4 is 5.32 Å². The predicted octanol–water partition coefficient (Wildman–Crippen LogP) is 5.58. The number of aromatic nitrogens is 2. The van der Waals surface area contributed by atoms with Gasteiger partial charge in [0.1, 0.15) is 5.82 Å². The average Bonchev–Trinajstić information content (AvgIpc) is 3.30. The Balaban J connectivity index is 0.000000523. The zero-order valence-electron chi connectivity index (χ0n) is 24.3. The first-order valence-corrected chi connectivity index (χ1v) is 14.7. The van der Waals surface area contributed by atoms with E-state index in [1.807, 2.05) is 0 Å². The van der Waals surface area contributed by atoms with Gasteiger partial charge in [-0.05, 0) is 59.4 Å². The molecule has 0 bridgehead atoms. The van der Waals surface area contributed by atoms with Crippen LogP contribution in [0.4, 0.5) is 11.4 Å². The summed E-state index contributed by atoms with van der Waals surface area (Å²) in [4.78, 5) is 25.7. The second-order valence-corrected chi connectivity index (χ2v) is 11.0. The van der Waals surface area contributed by atoms with Crippen LogP contribution in [0.15, 0.2) is 91.0 Å². The van der Waals surface area contributed by atoms with Gasteiger partial charge in [0.05, 0.1) is 24.2 Å². The molecule has 0 unspecified atom stereocenters. The van der Waals surface area contributed by atoms with Gasteiger partial charge in [-0.3, -0.25) is 4.90 Å². The van der Waals surface area contributed by atoms with Gasteiger partial charge in [-0.25, -0.2) is 14.6 Å². The van der Waals surface area contributed by atoms with E-state index in [0.29, 0.717) is 0 Å². The highest BCUT2D eigenvalue weighted by molar-refractivity contribution is 6.27. The van der Waals surface area contributed by atoms with E-state index < -0.39 is 11.9 Å². The van der Waals surface area contributed by atoms with E-state index in [-0.39, 0.29) is 0 Å². The maximum atomic E-state index is 9.10. The topological polar surface area (TPSA) is 117 Å². The van der Waals surface area contributed by atoms with Crippen LogP contribution in [0.25, 0.3) is 22.4 Å². The van der Waals surface area contributed by atoms with E-state index in [0.717, 1.165) is 69.1 Å². The zero-order valence-corrected chi connectivity index (χ0v) is 24.3. The highest BCUT2D eigenvalue weighted by Gasteiger charge is 2.17. The van der Waals surface area contributed by atoms with Crippen LogP contribution in [0.3, 0.4) is 0 Å². The molecule has 3 heterocycles. The second kappa shape index (κ2) is 13.1. The molecule has 7 rings (SSSR count). The minimum atomic E-state index is -1.82. The summed E-state index contributed by atoms with van der Waals surface area (Å²) in [7, 11) is 0. The summed E-state index contributed by atoms with van der Waals surface area (Å²) >= 11 is 0. The minimum absolute atomic E-state index is 0.786. The van der Waals surface area contributed by atoms with E-state index in [2.05, 4.69) is 106 Å². The fourth-order valence-electron chi connectivity index (χ4n) is 5.81. The lowest BCUT2D eigenvalue weighted by molar-refractivity contribution is -0.159. The van der Waals surface area contributed by atoms with Gasteiger partial charge in [0.15, 0.2) is 0 Å². The summed E-state index contributed by atoms with van der Waals surface area (Å²) in [5.74, 6) is -2.63. The maximum Gasteiger partial charge on any atom is 0.414 e. The number of nitrogens with one attached hydrogen (secondary N) is 1. The third-order valence-corrected chi connectivity index (χ3v) is 7.99. The first kappa shape index (κ1) is 29.1. The number of para-hydroxylation sites is 2. The third kappa shape index (κ3) is 6.64. The number of aliphatic carboxylic acids is 2. The van der Waals surface area contributed by atoms with Gasteiger partial charge < -0.3 is 24.8 Å². The highest BCUT2D eigenvalue weighted by atomic mass is 16.5. The van der Waals surface area contributed by atoms with Crippen LogP contribution >= 0.6 is 0 Å². The average molecular weight is 591 g/mol. The number of hydrogen-bond donors (Lipinski definition) is 3. The SMILES string of the molecule is O=C(O)C(=O)O.c1ccc(-c2nc3ccccc3n2Cc2ccc3c(c2)CCc2cc(CN4CCOCC4)ccc2N3)cc1. The van der Waals surface area contributed by atoms with Crippen LogP contribution in [0.1, 0.15) is 22.3 Å². The number of fused-ring (bicyclic) bond motifs is 3. The van der Waals surface area contributed by atoms with Crippen molar-refractivity contribution in [2.75, 3.05) is 31.6 Å². The standard InChI is InChI=1S/C33H32N4O.C2H2O4/c1-2-6-26(7-3-1)33-35-31-8-4-5-9-32(31)37(33)23-25-11-15-30-28(21-25)13-12-27-20-24(10-14-29(27)34-30)22-36-16-18-38-19-17-36;3-1(4)2(5)6/h1-11,14-15,20-21,34H,12-13,16-19,22-23H2;(H,3,4)(H,5,6). The monoisotopic (exact) mass is 590 g/mol. The molecule has 0 atom stereocenters. The molecule has 2 aliphatic rings. The van der Waals surface area contributed by atoms with Crippen LogP contribution in [-0.4, -0.2) is 62.9 Å². The van der Waals surface area contributed by atoms with Gasteiger partial charge in [0.2, 0.25) is 0 Å². The van der Waals surface area contributed by atoms with Crippen molar-refractivity contribution in [1.82, 2.24) is 14.5 Å². The normalized spacial score (nSPS) is 14.4. The fraction of sp³-hybridized carbons (Fsp3) is 0.229. The molecule has 9 nitrogen and oxygen atoms in total. The number of nitrogens with zero attached hydrogens (tertiary/aromatic N) is 3. The number of benzene rings is 4. The first-order valence-electron chi connectivity index (χ1n) is 14.7. The number of anilines is 2. The number of hydrogen-bond acceptors (Lipinski definition) is 6. The lowest BCUT2D eigenvalue weighted by Crippen LogP contribution is -2.35. The number of imidazole rings is 1. The molecule has 9 heteroatoms. The molecule has 4 aromatic carbocycles. The Hall–Kier alpha value is -4.99. The quantitative estimate of drug-likeness (QED) is 0.227. The van der Waals surface area contributed by atoms with Crippen molar-refractivity contribution >= 4 is 34.3 Å². The Kier molecular flexibility index (Phi) is 8.67. The Morgan fingerprint density at radius 2 is 1.34 bits per heavy atom. The number of morpholine rings is 1. The second-order valence-electron chi connectivity index (χ2n) is 11.0. The Labute approximate surface area is 255 Å². The number of carboxylic acid groups (broad SMARTS) is 2. The molecule has 0 amide bonds. The minimum Gasteiger partial charge on any atom is -0.473 e. The summed E-state index contributed by atoms with van der Waals surface area (Å²) in [6, 6.07) is 32.8. The number of carboxylic acids is 2. The van der Waals surface area contributed by atoms with Crippen molar-refractivity contribution in [3.05, 3.63) is 113 Å². The van der Waals surface area contributed by atoms with Crippen molar-refractivity contribution in [3.8, 4) is 11.4 Å². The van der Waals surface area contributed by atoms with Crippen LogP contribution in [0.5, 0.6) is 0 Å². The summed E-state index contributed by atoms with van der Waals surface area (Å²) in [5.41, 5.74) is 11.2. The molecule has 0 aliphatic carbocycles. The van der Waals surface area contributed by atoms with Crippen LogP contribution in [-0.2, 0) is 40.3 Å². The molecule has 0 spiro atoms. The molecule has 0 radical (unpaired) electrons. The van der Waals surface area contributed by atoms with Gasteiger partial charge in [-0.2, -0.15) is 0 Å². The van der Waals surface area contributed by atoms with E-state index >= 15 is 0 Å². The number of aryl methyl sites for hydroxylation is 2. The van der Waals surface area contributed by atoms with E-state index in [1.165, 1.54) is 39.1 Å². The Bertz CT molecular complexity index is 1780. The highest BCUT2D eigenvalue weighted by Crippen LogP contribution is 2.33.